The van der Waals surface area contributed by atoms with Crippen molar-refractivity contribution in [3.8, 4) is 5.75 Å². The van der Waals surface area contributed by atoms with Crippen LogP contribution in [0, 0.1) is 5.92 Å². The molecule has 2 atom stereocenters. The van der Waals surface area contributed by atoms with E-state index in [2.05, 4.69) is 39.9 Å². The van der Waals surface area contributed by atoms with E-state index in [9.17, 15) is 4.79 Å². The van der Waals surface area contributed by atoms with Crippen LogP contribution in [0.4, 0.5) is 11.5 Å². The number of pyridine rings is 1. The van der Waals surface area contributed by atoms with Crippen LogP contribution in [0.5, 0.6) is 5.75 Å². The van der Waals surface area contributed by atoms with Crippen molar-refractivity contribution in [1.29, 1.82) is 0 Å². The number of H-pyrrole nitrogens is 1. The lowest BCUT2D eigenvalue weighted by molar-refractivity contribution is 0.122. The van der Waals surface area contributed by atoms with Gasteiger partial charge in [-0.1, -0.05) is 25.1 Å². The molecule has 2 fully saturated rings. The lowest BCUT2D eigenvalue weighted by Gasteiger charge is -2.32. The highest BCUT2D eigenvalue weighted by atomic mass is 16.5. The van der Waals surface area contributed by atoms with Crippen molar-refractivity contribution >= 4 is 11.5 Å². The second-order valence-corrected chi connectivity index (χ2v) is 7.73. The first-order valence-corrected chi connectivity index (χ1v) is 10.1. The molecule has 1 N–H and O–H groups in total. The summed E-state index contributed by atoms with van der Waals surface area (Å²) >= 11 is 0. The van der Waals surface area contributed by atoms with Crippen molar-refractivity contribution < 1.29 is 9.47 Å². The molecule has 28 heavy (non-hydrogen) atoms. The average molecular weight is 383 g/mol. The van der Waals surface area contributed by atoms with E-state index < -0.39 is 0 Å². The van der Waals surface area contributed by atoms with E-state index in [0.717, 1.165) is 49.7 Å². The highest BCUT2D eigenvalue weighted by molar-refractivity contribution is 5.56. The molecule has 0 spiro atoms. The molecule has 0 aliphatic carbocycles. The number of rotatable bonds is 5. The minimum Gasteiger partial charge on any atom is -0.496 e. The number of benzene rings is 1. The smallest absolute Gasteiger partial charge is 0.251 e. The van der Waals surface area contributed by atoms with Gasteiger partial charge in [0.05, 0.1) is 20.3 Å². The summed E-state index contributed by atoms with van der Waals surface area (Å²) in [5.41, 5.74) is 2.15. The molecule has 0 radical (unpaired) electrons. The Labute approximate surface area is 166 Å². The van der Waals surface area contributed by atoms with Crippen LogP contribution in [-0.2, 0) is 11.2 Å². The lowest BCUT2D eigenvalue weighted by Crippen LogP contribution is -2.38. The van der Waals surface area contributed by atoms with Crippen LogP contribution in [0.25, 0.3) is 0 Å². The maximum atomic E-state index is 12.4. The maximum Gasteiger partial charge on any atom is 0.251 e. The van der Waals surface area contributed by atoms with Gasteiger partial charge in [-0.05, 0) is 30.4 Å². The van der Waals surface area contributed by atoms with E-state index in [1.165, 1.54) is 5.56 Å². The fourth-order valence-corrected chi connectivity index (χ4v) is 4.39. The third-order valence-corrected chi connectivity index (χ3v) is 6.00. The molecule has 2 aliphatic heterocycles. The molecule has 2 aliphatic rings. The van der Waals surface area contributed by atoms with Gasteiger partial charge in [-0.25, -0.2) is 0 Å². The number of hydrogen-bond acceptors (Lipinski definition) is 5. The Morgan fingerprint density at radius 2 is 1.96 bits per heavy atom. The monoisotopic (exact) mass is 383 g/mol. The Balaban J connectivity index is 1.62. The fourth-order valence-electron chi connectivity index (χ4n) is 4.39. The molecule has 6 heteroatoms. The average Bonchev–Trinajstić information content (AvgIpc) is 3.09. The zero-order valence-electron chi connectivity index (χ0n) is 16.7. The van der Waals surface area contributed by atoms with Gasteiger partial charge in [0, 0.05) is 43.5 Å². The topological polar surface area (TPSA) is 57.8 Å². The summed E-state index contributed by atoms with van der Waals surface area (Å²) in [4.78, 5) is 20.1. The number of methoxy groups -OCH3 is 1. The van der Waals surface area contributed by atoms with Crippen molar-refractivity contribution in [2.45, 2.75) is 25.8 Å². The van der Waals surface area contributed by atoms with Crippen molar-refractivity contribution in [1.82, 2.24) is 4.98 Å². The van der Waals surface area contributed by atoms with Gasteiger partial charge in [-0.15, -0.1) is 0 Å². The van der Waals surface area contributed by atoms with E-state index in [1.54, 1.807) is 13.2 Å². The summed E-state index contributed by atoms with van der Waals surface area (Å²) in [5.74, 6) is 2.39. The molecule has 3 heterocycles. The summed E-state index contributed by atoms with van der Waals surface area (Å²) in [5, 5.41) is 0. The van der Waals surface area contributed by atoms with Gasteiger partial charge in [0.2, 0.25) is 0 Å². The lowest BCUT2D eigenvalue weighted by atomic mass is 9.95. The Bertz CT molecular complexity index is 860. The fraction of sp³-hybridized carbons (Fsp3) is 0.500. The summed E-state index contributed by atoms with van der Waals surface area (Å²) < 4.78 is 11.0. The van der Waals surface area contributed by atoms with Crippen molar-refractivity contribution in [3.63, 3.8) is 0 Å². The van der Waals surface area contributed by atoms with Crippen LogP contribution in [0.3, 0.4) is 0 Å². The molecule has 150 valence electrons. The Hall–Kier alpha value is -2.47. The zero-order valence-corrected chi connectivity index (χ0v) is 16.7. The number of para-hydroxylation sites is 1. The predicted molar refractivity (Wildman–Crippen MR) is 112 cm³/mol. The van der Waals surface area contributed by atoms with Gasteiger partial charge in [-0.3, -0.25) is 4.79 Å². The number of morpholine rings is 1. The van der Waals surface area contributed by atoms with Gasteiger partial charge in [0.15, 0.2) is 0 Å². The van der Waals surface area contributed by atoms with Crippen LogP contribution in [-0.4, -0.2) is 51.0 Å². The molecule has 0 unspecified atom stereocenters. The van der Waals surface area contributed by atoms with Crippen molar-refractivity contribution in [3.05, 3.63) is 52.3 Å². The molecule has 0 amide bonds. The molecular formula is C22H29N3O3. The minimum atomic E-state index is -0.0467. The maximum absolute atomic E-state index is 12.4. The van der Waals surface area contributed by atoms with E-state index in [-0.39, 0.29) is 5.56 Å². The van der Waals surface area contributed by atoms with Crippen molar-refractivity contribution in [2.24, 2.45) is 5.92 Å². The minimum absolute atomic E-state index is 0.0467. The summed E-state index contributed by atoms with van der Waals surface area (Å²) in [6.45, 7) is 6.31. The molecule has 1 aromatic heterocycles. The first-order chi connectivity index (χ1) is 13.7. The van der Waals surface area contributed by atoms with Crippen LogP contribution in [0.1, 0.15) is 18.9 Å². The van der Waals surface area contributed by atoms with Crippen molar-refractivity contribution in [2.75, 3.05) is 49.8 Å². The molecular weight excluding hydrogens is 354 g/mol. The molecule has 4 rings (SSSR count). The Kier molecular flexibility index (Phi) is 5.57. The molecule has 0 saturated carbocycles. The molecule has 2 saturated heterocycles. The Morgan fingerprint density at radius 1 is 1.18 bits per heavy atom. The molecule has 6 nitrogen and oxygen atoms in total. The number of nitrogens with zero attached hydrogens (tertiary/aromatic N) is 2. The first kappa shape index (κ1) is 18.9. The standard InChI is InChI=1S/C22H29N3O3/c1-16-7-8-25(19(16)13-17-5-3-4-6-20(17)27-2)21-14-18(15-22(26)23-21)24-9-11-28-12-10-24/h3-6,14-16,19H,7-13H2,1-2H3,(H,23,26)/t16-,19+/m1/s1. The Morgan fingerprint density at radius 3 is 2.75 bits per heavy atom. The van der Waals surface area contributed by atoms with Crippen LogP contribution >= 0.6 is 0 Å². The number of ether oxygens (including phenoxy) is 2. The number of nitrogens with one attached hydrogen (secondary N) is 1. The molecule has 1 aromatic carbocycles. The highest BCUT2D eigenvalue weighted by Crippen LogP contribution is 2.33. The zero-order chi connectivity index (χ0) is 19.5. The van der Waals surface area contributed by atoms with Gasteiger partial charge in [0.25, 0.3) is 5.56 Å². The number of hydrogen-bond donors (Lipinski definition) is 1. The largest absolute Gasteiger partial charge is 0.496 e. The molecule has 0 bridgehead atoms. The highest BCUT2D eigenvalue weighted by Gasteiger charge is 2.33. The third kappa shape index (κ3) is 3.87. The van der Waals surface area contributed by atoms with Gasteiger partial charge in [-0.2, -0.15) is 0 Å². The second kappa shape index (κ2) is 8.27. The van der Waals surface area contributed by atoms with Gasteiger partial charge >= 0.3 is 0 Å². The van der Waals surface area contributed by atoms with Crippen LogP contribution in [0.2, 0.25) is 0 Å². The molecule has 2 aromatic rings. The summed E-state index contributed by atoms with van der Waals surface area (Å²) in [6, 6.07) is 12.4. The van der Waals surface area contributed by atoms with Crippen LogP contribution < -0.4 is 20.1 Å². The van der Waals surface area contributed by atoms with E-state index in [0.29, 0.717) is 25.2 Å². The number of aromatic amines is 1. The predicted octanol–water partition coefficient (Wildman–Crippen LogP) is 2.68. The third-order valence-electron chi connectivity index (χ3n) is 6.00. The van der Waals surface area contributed by atoms with E-state index in [1.807, 2.05) is 12.1 Å². The SMILES string of the molecule is COc1ccccc1C[C@H]1[C@H](C)CCN1c1cc(N2CCOCC2)cc(=O)[nH]1. The number of anilines is 2. The quantitative estimate of drug-likeness (QED) is 0.860. The number of aromatic nitrogens is 1. The van der Waals surface area contributed by atoms with Gasteiger partial charge in [0.1, 0.15) is 11.6 Å². The summed E-state index contributed by atoms with van der Waals surface area (Å²) in [7, 11) is 1.72. The van der Waals surface area contributed by atoms with E-state index in [4.69, 9.17) is 9.47 Å². The van der Waals surface area contributed by atoms with E-state index >= 15 is 0 Å². The second-order valence-electron chi connectivity index (χ2n) is 7.73. The first-order valence-electron chi connectivity index (χ1n) is 10.1. The normalized spacial score (nSPS) is 22.5. The van der Waals surface area contributed by atoms with Crippen LogP contribution in [0.15, 0.2) is 41.2 Å². The summed E-state index contributed by atoms with van der Waals surface area (Å²) in [6.07, 6.45) is 2.01. The van der Waals surface area contributed by atoms with Gasteiger partial charge < -0.3 is 24.3 Å².